The number of ether oxygens (including phenoxy) is 4. The Hall–Kier alpha value is -5.42. The predicted octanol–water partition coefficient (Wildman–Crippen LogP) is 10.4. The largest absolute Gasteiger partial charge is 0.497 e. The van der Waals surface area contributed by atoms with Crippen LogP contribution in [-0.2, 0) is 27.4 Å². The summed E-state index contributed by atoms with van der Waals surface area (Å²) in [5.41, 5.74) is 6.94. The van der Waals surface area contributed by atoms with Gasteiger partial charge in [-0.1, -0.05) is 85.6 Å². The Morgan fingerprint density at radius 1 is 0.891 bits per heavy atom. The monoisotopic (exact) mass is 870 g/mol. The second kappa shape index (κ2) is 22.0. The van der Waals surface area contributed by atoms with E-state index in [2.05, 4.69) is 51.6 Å². The smallest absolute Gasteiger partial charge is 0.239 e. The number of aliphatic hydroxyl groups excluding tert-OH is 2. The van der Waals surface area contributed by atoms with E-state index in [0.29, 0.717) is 49.5 Å². The molecule has 1 saturated carbocycles. The van der Waals surface area contributed by atoms with Crippen molar-refractivity contribution in [3.63, 3.8) is 0 Å². The minimum Gasteiger partial charge on any atom is -0.497 e. The summed E-state index contributed by atoms with van der Waals surface area (Å²) in [4.78, 5) is 23.2. The molecule has 1 amide bonds. The zero-order valence-electron chi connectivity index (χ0n) is 38.0. The molecule has 1 aliphatic heterocycles. The first-order valence-electron chi connectivity index (χ1n) is 23.1. The second-order valence-corrected chi connectivity index (χ2v) is 17.5. The highest BCUT2D eigenvalue weighted by Gasteiger charge is 2.65. The number of amides is 1. The van der Waals surface area contributed by atoms with Crippen LogP contribution >= 0.6 is 0 Å². The summed E-state index contributed by atoms with van der Waals surface area (Å²) in [5.74, 6) is 1.00. The highest BCUT2D eigenvalue weighted by atomic mass is 16.7. The van der Waals surface area contributed by atoms with E-state index in [0.717, 1.165) is 65.0 Å². The van der Waals surface area contributed by atoms with Crippen molar-refractivity contribution in [2.24, 2.45) is 22.9 Å². The molecule has 0 unspecified atom stereocenters. The molecule has 4 aromatic carbocycles. The van der Waals surface area contributed by atoms with E-state index in [1.54, 1.807) is 13.2 Å². The molecule has 0 saturated heterocycles. The van der Waals surface area contributed by atoms with Crippen LogP contribution in [0.15, 0.2) is 120 Å². The quantitative estimate of drug-likeness (QED) is 0.0455. The van der Waals surface area contributed by atoms with Crippen LogP contribution in [-0.4, -0.2) is 72.0 Å². The minimum atomic E-state index is -1.35. The van der Waals surface area contributed by atoms with Crippen molar-refractivity contribution in [1.29, 1.82) is 0 Å². The molecule has 7 rings (SSSR count). The first-order valence-corrected chi connectivity index (χ1v) is 23.1. The molecular formula is C54H66N2O8. The molecular weight excluding hydrogens is 805 g/mol. The number of nitrogens with zero attached hydrogens (tertiary/aromatic N) is 2. The van der Waals surface area contributed by atoms with Crippen molar-refractivity contribution in [2.75, 3.05) is 33.5 Å². The maximum Gasteiger partial charge on any atom is 0.239 e. The molecule has 1 heterocycles. The zero-order chi connectivity index (χ0) is 45.1. The molecule has 6 atom stereocenters. The number of hydrogen-bond donors (Lipinski definition) is 2. The van der Waals surface area contributed by atoms with Crippen LogP contribution in [0.5, 0.6) is 23.0 Å². The van der Waals surface area contributed by atoms with Gasteiger partial charge < -0.3 is 38.9 Å². The number of aryl methyl sites for hydroxylation is 2. The van der Waals surface area contributed by atoms with Gasteiger partial charge in [0.1, 0.15) is 35.6 Å². The number of benzene rings is 4. The Morgan fingerprint density at radius 3 is 2.38 bits per heavy atom. The highest BCUT2D eigenvalue weighted by molar-refractivity contribution is 6.03. The molecule has 0 radical (unpaired) electrons. The molecule has 1 fully saturated rings. The van der Waals surface area contributed by atoms with Crippen LogP contribution in [0.25, 0.3) is 0 Å². The van der Waals surface area contributed by atoms with E-state index in [-0.39, 0.29) is 56.5 Å². The Morgan fingerprint density at radius 2 is 1.64 bits per heavy atom. The summed E-state index contributed by atoms with van der Waals surface area (Å²) >= 11 is 0. The Balaban J connectivity index is 1.43. The normalized spacial score (nSPS) is 22.7. The highest BCUT2D eigenvalue weighted by Crippen LogP contribution is 2.62. The topological polar surface area (TPSA) is 119 Å². The van der Waals surface area contributed by atoms with E-state index < -0.39 is 17.7 Å². The van der Waals surface area contributed by atoms with Crippen molar-refractivity contribution < 1.29 is 38.8 Å². The number of hydrogen-bond acceptors (Lipinski definition) is 9. The van der Waals surface area contributed by atoms with Gasteiger partial charge in [0, 0.05) is 37.7 Å². The van der Waals surface area contributed by atoms with Gasteiger partial charge in [0.25, 0.3) is 0 Å². The first-order chi connectivity index (χ1) is 31.2. The predicted molar refractivity (Wildman–Crippen MR) is 251 cm³/mol. The van der Waals surface area contributed by atoms with Crippen LogP contribution < -0.4 is 14.2 Å². The van der Waals surface area contributed by atoms with Crippen molar-refractivity contribution in [3.8, 4) is 23.0 Å². The molecule has 10 nitrogen and oxygen atoms in total. The summed E-state index contributed by atoms with van der Waals surface area (Å²) in [6.45, 7) is 11.5. The summed E-state index contributed by atoms with van der Waals surface area (Å²) < 4.78 is 26.8. The summed E-state index contributed by atoms with van der Waals surface area (Å²) in [7, 11) is 1.63. The molecule has 0 bridgehead atoms. The molecule has 3 aliphatic rings. The average Bonchev–Trinajstić information content (AvgIpc) is 3.30. The molecule has 0 spiro atoms. The summed E-state index contributed by atoms with van der Waals surface area (Å²) in [6.07, 6.45) is 10.1. The maximum absolute atomic E-state index is 15.0. The van der Waals surface area contributed by atoms with Gasteiger partial charge in [0.05, 0.1) is 31.8 Å². The lowest BCUT2D eigenvalue weighted by Crippen LogP contribution is -2.70. The van der Waals surface area contributed by atoms with Crippen LogP contribution in [0.2, 0.25) is 0 Å². The fraction of sp³-hybridized carbons (Fsp3) is 0.444. The van der Waals surface area contributed by atoms with Crippen LogP contribution in [0.4, 0.5) is 0 Å². The number of carbonyl (C=O) groups is 1. The minimum absolute atomic E-state index is 0.0565. The average molecular weight is 871 g/mol. The lowest BCUT2D eigenvalue weighted by Gasteiger charge is -2.60. The van der Waals surface area contributed by atoms with Gasteiger partial charge in [-0.15, -0.1) is 6.58 Å². The standard InChI is InChI=1S/C54H66N2O8/c1-6-26-56(51(59)32-40-18-15-20-42(31-40)60-5)50-35-48(55-62-36-39-16-9-8-10-17-39)46-33-41(19-11-13-27-57)45(21-12-14-28-58)52-47-34-44(63-43-23-22-37(3)38(4)30-43)24-25-49(47)64-54(50,53(46)52)61-29-7-2/h7-10,15-18,20,22-25,30-31,33-34,41,45,50,52-53,57-58H,2,6,11-14,19,21,26-29,32,35-36H2,1,3-5H3/t41-,45+,50-,52+,53+,54+/m0/s1. The number of allylic oxidation sites excluding steroid dienone is 1. The lowest BCUT2D eigenvalue weighted by atomic mass is 9.55. The van der Waals surface area contributed by atoms with Gasteiger partial charge in [-0.2, -0.15) is 0 Å². The number of carbonyl (C=O) groups excluding carboxylic acids is 1. The first kappa shape index (κ1) is 46.6. The zero-order valence-corrected chi connectivity index (χ0v) is 38.0. The molecule has 340 valence electrons. The number of rotatable bonds is 22. The maximum atomic E-state index is 15.0. The third kappa shape index (κ3) is 10.4. The third-order valence-electron chi connectivity index (χ3n) is 13.3. The number of methoxy groups -OCH3 is 1. The Bertz CT molecular complexity index is 2260. The van der Waals surface area contributed by atoms with Crippen LogP contribution in [0.1, 0.15) is 92.0 Å². The molecule has 4 aromatic rings. The van der Waals surface area contributed by atoms with E-state index in [1.807, 2.05) is 77.7 Å². The van der Waals surface area contributed by atoms with Gasteiger partial charge in [-0.05, 0) is 128 Å². The van der Waals surface area contributed by atoms with Gasteiger partial charge in [0.2, 0.25) is 11.7 Å². The van der Waals surface area contributed by atoms with E-state index in [9.17, 15) is 15.0 Å². The summed E-state index contributed by atoms with van der Waals surface area (Å²) in [5, 5.41) is 25.0. The van der Waals surface area contributed by atoms with Gasteiger partial charge >= 0.3 is 0 Å². The molecule has 0 aromatic heterocycles. The SMILES string of the molecule is C=CCO[C@@]12Oc3ccc(Oc4ccc(C)c(C)c4)cc3[C@H]3[C@H](CCCCO)[C@@H](CCCCO)C=C(C(=NOCc4ccccc4)C[C@@H]1N(CCC)C(=O)Cc1cccc(OC)c1)[C@H]32. The molecule has 64 heavy (non-hydrogen) atoms. The second-order valence-electron chi connectivity index (χ2n) is 17.5. The van der Waals surface area contributed by atoms with Gasteiger partial charge in [-0.25, -0.2) is 0 Å². The molecule has 2 N–H and O–H groups in total. The fourth-order valence-corrected chi connectivity index (χ4v) is 10.1. The van der Waals surface area contributed by atoms with E-state index in [1.165, 1.54) is 5.56 Å². The fourth-order valence-electron chi connectivity index (χ4n) is 10.1. The number of oxime groups is 1. The molecule has 2 aliphatic carbocycles. The lowest BCUT2D eigenvalue weighted by molar-refractivity contribution is -0.257. The Kier molecular flexibility index (Phi) is 16.0. The third-order valence-corrected chi connectivity index (χ3v) is 13.3. The van der Waals surface area contributed by atoms with E-state index >= 15 is 0 Å². The van der Waals surface area contributed by atoms with E-state index in [4.69, 9.17) is 28.9 Å². The van der Waals surface area contributed by atoms with Crippen molar-refractivity contribution >= 4 is 11.6 Å². The summed E-state index contributed by atoms with van der Waals surface area (Å²) in [6, 6.07) is 29.2. The van der Waals surface area contributed by atoms with Crippen LogP contribution in [0, 0.1) is 31.6 Å². The van der Waals surface area contributed by atoms with Crippen LogP contribution in [0.3, 0.4) is 0 Å². The number of fused-ring (bicyclic) bond motifs is 2. The van der Waals surface area contributed by atoms with Gasteiger partial charge in [-0.3, -0.25) is 4.79 Å². The van der Waals surface area contributed by atoms with Crippen molar-refractivity contribution in [1.82, 2.24) is 4.90 Å². The Labute approximate surface area is 379 Å². The molecule has 10 heteroatoms. The van der Waals surface area contributed by atoms with Crippen molar-refractivity contribution in [3.05, 3.63) is 143 Å². The number of aliphatic hydroxyl groups is 2. The number of unbranched alkanes of at least 4 members (excludes halogenated alkanes) is 2. The van der Waals surface area contributed by atoms with Gasteiger partial charge in [0.15, 0.2) is 0 Å². The van der Waals surface area contributed by atoms with Crippen molar-refractivity contribution in [2.45, 2.75) is 103 Å².